The number of alkyl halides is 3. The van der Waals surface area contributed by atoms with Gasteiger partial charge in [-0.3, -0.25) is 4.79 Å². The predicted octanol–water partition coefficient (Wildman–Crippen LogP) is 5.84. The Labute approximate surface area is 245 Å². The molecule has 5 rings (SSSR count). The summed E-state index contributed by atoms with van der Waals surface area (Å²) in [5, 5.41) is 2.56. The third kappa shape index (κ3) is 6.88. The fourth-order valence-electron chi connectivity index (χ4n) is 4.88. The number of likely N-dealkylation sites (N-methyl/N-ethyl adjacent to an activating group) is 2. The van der Waals surface area contributed by atoms with Crippen LogP contribution in [0.4, 0.5) is 28.9 Å². The molecule has 224 valence electrons. The van der Waals surface area contributed by atoms with E-state index in [1.807, 2.05) is 18.9 Å². The van der Waals surface area contributed by atoms with Gasteiger partial charge in [0.25, 0.3) is 5.91 Å². The van der Waals surface area contributed by atoms with Crippen molar-refractivity contribution in [1.82, 2.24) is 24.8 Å². The van der Waals surface area contributed by atoms with Gasteiger partial charge < -0.3 is 19.9 Å². The average Bonchev–Trinajstić information content (AvgIpc) is 3.42. The zero-order valence-electron chi connectivity index (χ0n) is 23.7. The number of carbonyl (C=O) groups excluding carboxylic acids is 1. The molecular formula is C30H29F4N7O2. The largest absolute Gasteiger partial charge is 0.438 e. The Morgan fingerprint density at radius 1 is 1.14 bits per heavy atom. The van der Waals surface area contributed by atoms with Crippen LogP contribution >= 0.6 is 0 Å². The van der Waals surface area contributed by atoms with Gasteiger partial charge in [-0.05, 0) is 62.5 Å². The molecule has 0 spiro atoms. The zero-order valence-corrected chi connectivity index (χ0v) is 23.7. The first kappa shape index (κ1) is 29.8. The molecule has 1 aliphatic heterocycles. The lowest BCUT2D eigenvalue weighted by Gasteiger charge is -2.29. The number of anilines is 2. The molecule has 43 heavy (non-hydrogen) atoms. The summed E-state index contributed by atoms with van der Waals surface area (Å²) in [4.78, 5) is 34.2. The maximum absolute atomic E-state index is 14.7. The highest BCUT2D eigenvalue weighted by molar-refractivity contribution is 6.06. The van der Waals surface area contributed by atoms with Gasteiger partial charge in [0.15, 0.2) is 5.82 Å². The van der Waals surface area contributed by atoms with Crippen LogP contribution in [0.2, 0.25) is 0 Å². The maximum atomic E-state index is 14.7. The molecule has 4 aromatic rings. The zero-order chi connectivity index (χ0) is 30.7. The number of hydrogen-bond donors (Lipinski definition) is 1. The first-order valence-corrected chi connectivity index (χ1v) is 13.6. The SMILES string of the molecule is CCc1ncnc(-c2cccnc2Oc2cc(F)cc(C(=O)Nc3cc(C(F)(F)F)ccc3N(C)C3CCN(C)C3)c2)n1. The highest BCUT2D eigenvalue weighted by Crippen LogP contribution is 2.37. The number of amides is 1. The lowest BCUT2D eigenvalue weighted by molar-refractivity contribution is -0.137. The third-order valence-electron chi connectivity index (χ3n) is 7.16. The van der Waals surface area contributed by atoms with E-state index in [4.69, 9.17) is 4.74 Å². The molecule has 1 amide bonds. The summed E-state index contributed by atoms with van der Waals surface area (Å²) in [5.41, 5.74) is -0.288. The molecule has 2 aromatic carbocycles. The van der Waals surface area contributed by atoms with Gasteiger partial charge in [0.1, 0.15) is 23.7 Å². The van der Waals surface area contributed by atoms with Gasteiger partial charge >= 0.3 is 6.18 Å². The average molecular weight is 596 g/mol. The molecule has 1 atom stereocenters. The Morgan fingerprint density at radius 2 is 1.95 bits per heavy atom. The minimum absolute atomic E-state index is 0.0388. The van der Waals surface area contributed by atoms with Gasteiger partial charge in [-0.15, -0.1) is 0 Å². The van der Waals surface area contributed by atoms with Crippen LogP contribution in [0.1, 0.15) is 35.1 Å². The second kappa shape index (κ2) is 12.3. The number of likely N-dealkylation sites (tertiary alicyclic amines) is 1. The summed E-state index contributed by atoms with van der Waals surface area (Å²) < 4.78 is 61.4. The van der Waals surface area contributed by atoms with E-state index in [2.05, 4.69) is 30.2 Å². The van der Waals surface area contributed by atoms with Crippen LogP contribution in [-0.2, 0) is 12.6 Å². The van der Waals surface area contributed by atoms with E-state index in [0.717, 1.165) is 43.8 Å². The number of nitrogens with zero attached hydrogens (tertiary/aromatic N) is 6. The molecule has 9 nitrogen and oxygen atoms in total. The van der Waals surface area contributed by atoms with E-state index in [0.29, 0.717) is 29.3 Å². The van der Waals surface area contributed by atoms with Crippen LogP contribution in [0.25, 0.3) is 11.4 Å². The summed E-state index contributed by atoms with van der Waals surface area (Å²) in [7, 11) is 3.74. The second-order valence-corrected chi connectivity index (χ2v) is 10.2. The molecule has 2 aromatic heterocycles. The van der Waals surface area contributed by atoms with Crippen LogP contribution in [0, 0.1) is 5.82 Å². The molecule has 0 bridgehead atoms. The number of carbonyl (C=O) groups is 1. The van der Waals surface area contributed by atoms with Gasteiger partial charge in [-0.2, -0.15) is 13.2 Å². The Balaban J connectivity index is 1.44. The fourth-order valence-corrected chi connectivity index (χ4v) is 4.88. The number of nitrogens with one attached hydrogen (secondary N) is 1. The monoisotopic (exact) mass is 595 g/mol. The van der Waals surface area contributed by atoms with Gasteiger partial charge in [-0.1, -0.05) is 6.92 Å². The highest BCUT2D eigenvalue weighted by Gasteiger charge is 2.33. The van der Waals surface area contributed by atoms with Gasteiger partial charge in [0, 0.05) is 43.9 Å². The van der Waals surface area contributed by atoms with E-state index in [9.17, 15) is 22.4 Å². The molecule has 0 aliphatic carbocycles. The molecule has 1 unspecified atom stereocenters. The lowest BCUT2D eigenvalue weighted by atomic mass is 10.1. The van der Waals surface area contributed by atoms with E-state index in [-0.39, 0.29) is 28.9 Å². The number of benzene rings is 2. The highest BCUT2D eigenvalue weighted by atomic mass is 19.4. The van der Waals surface area contributed by atoms with Crippen LogP contribution in [0.5, 0.6) is 11.6 Å². The van der Waals surface area contributed by atoms with Crippen LogP contribution < -0.4 is 15.0 Å². The normalized spacial score (nSPS) is 15.4. The number of hydrogen-bond acceptors (Lipinski definition) is 8. The second-order valence-electron chi connectivity index (χ2n) is 10.2. The minimum Gasteiger partial charge on any atom is -0.438 e. The van der Waals surface area contributed by atoms with E-state index < -0.39 is 23.5 Å². The van der Waals surface area contributed by atoms with Crippen molar-refractivity contribution in [2.75, 3.05) is 37.4 Å². The molecular weight excluding hydrogens is 566 g/mol. The summed E-state index contributed by atoms with van der Waals surface area (Å²) in [6.07, 6.45) is -0.392. The van der Waals surface area contributed by atoms with Gasteiger partial charge in [-0.25, -0.2) is 24.3 Å². The lowest BCUT2D eigenvalue weighted by Crippen LogP contribution is -2.34. The van der Waals surface area contributed by atoms with Crippen LogP contribution in [0.3, 0.4) is 0 Å². The van der Waals surface area contributed by atoms with Crippen molar-refractivity contribution in [2.45, 2.75) is 32.0 Å². The van der Waals surface area contributed by atoms with Crippen molar-refractivity contribution < 1.29 is 27.1 Å². The molecule has 1 fully saturated rings. The molecule has 1 aliphatic rings. The summed E-state index contributed by atoms with van der Waals surface area (Å²) in [6.45, 7) is 3.45. The van der Waals surface area contributed by atoms with E-state index in [1.54, 1.807) is 19.2 Å². The van der Waals surface area contributed by atoms with E-state index in [1.165, 1.54) is 24.7 Å². The number of aryl methyl sites for hydroxylation is 1. The van der Waals surface area contributed by atoms with Crippen molar-refractivity contribution in [3.8, 4) is 23.0 Å². The summed E-state index contributed by atoms with van der Waals surface area (Å²) in [6, 6.07) is 9.91. The van der Waals surface area contributed by atoms with Crippen LogP contribution in [0.15, 0.2) is 61.1 Å². The number of ether oxygens (including phenoxy) is 1. The third-order valence-corrected chi connectivity index (χ3v) is 7.16. The summed E-state index contributed by atoms with van der Waals surface area (Å²) in [5.74, 6) is -0.721. The first-order chi connectivity index (χ1) is 20.5. The van der Waals surface area contributed by atoms with Gasteiger partial charge in [0.2, 0.25) is 5.88 Å². The molecule has 13 heteroatoms. The number of pyridine rings is 1. The summed E-state index contributed by atoms with van der Waals surface area (Å²) >= 11 is 0. The smallest absolute Gasteiger partial charge is 0.416 e. The predicted molar refractivity (Wildman–Crippen MR) is 153 cm³/mol. The number of aromatic nitrogens is 4. The standard InChI is InChI=1S/C30H29F4N7O2/c1-4-26-36-17-37-27(39-26)23-6-5-10-35-29(23)43-22-13-18(12-20(31)15-22)28(42)38-24-14-19(30(32,33)34)7-8-25(24)41(3)21-9-11-40(2)16-21/h5-8,10,12-15,17,21H,4,9,11,16H2,1-3H3,(H,38,42). The number of rotatable bonds is 8. The van der Waals surface area contributed by atoms with Crippen LogP contribution in [-0.4, -0.2) is 64.0 Å². The van der Waals surface area contributed by atoms with Crippen molar-refractivity contribution in [2.24, 2.45) is 0 Å². The maximum Gasteiger partial charge on any atom is 0.416 e. The number of halogens is 4. The molecule has 3 heterocycles. The van der Waals surface area contributed by atoms with Crippen molar-refractivity contribution >= 4 is 17.3 Å². The quantitative estimate of drug-likeness (QED) is 0.254. The Morgan fingerprint density at radius 3 is 2.67 bits per heavy atom. The topological polar surface area (TPSA) is 96.4 Å². The Hall–Kier alpha value is -4.65. The Kier molecular flexibility index (Phi) is 8.53. The van der Waals surface area contributed by atoms with Crippen molar-refractivity contribution in [1.29, 1.82) is 0 Å². The van der Waals surface area contributed by atoms with Crippen molar-refractivity contribution in [3.63, 3.8) is 0 Å². The molecule has 1 N–H and O–H groups in total. The molecule has 0 radical (unpaired) electrons. The fraction of sp³-hybridized carbons (Fsp3) is 0.300. The first-order valence-electron chi connectivity index (χ1n) is 13.6. The van der Waals surface area contributed by atoms with Crippen molar-refractivity contribution in [3.05, 3.63) is 83.8 Å². The molecule has 1 saturated heterocycles. The van der Waals surface area contributed by atoms with E-state index >= 15 is 0 Å². The Bertz CT molecular complexity index is 1630. The molecule has 0 saturated carbocycles. The minimum atomic E-state index is -4.62. The van der Waals surface area contributed by atoms with Gasteiger partial charge in [0.05, 0.1) is 22.5 Å².